The molecule has 1 amide bonds. The lowest BCUT2D eigenvalue weighted by molar-refractivity contribution is 0.0756. The number of anilines is 2. The van der Waals surface area contributed by atoms with E-state index in [9.17, 15) is 4.79 Å². The van der Waals surface area contributed by atoms with Gasteiger partial charge in [-0.2, -0.15) is 0 Å². The third kappa shape index (κ3) is 3.85. The molecule has 2 aliphatic heterocycles. The van der Waals surface area contributed by atoms with Crippen molar-refractivity contribution in [3.63, 3.8) is 0 Å². The Hall–Kier alpha value is -2.08. The summed E-state index contributed by atoms with van der Waals surface area (Å²) in [7, 11) is 0. The Bertz CT molecular complexity index is 716. The van der Waals surface area contributed by atoms with Crippen LogP contribution in [0, 0.1) is 0 Å². The van der Waals surface area contributed by atoms with Gasteiger partial charge in [-0.15, -0.1) is 11.3 Å². The number of carbonyl (C=O) groups excluding carboxylic acids is 1. The largest absolute Gasteiger partial charge is 0.368 e. The average molecular weight is 371 g/mol. The molecular formula is C20H26N4OS. The van der Waals surface area contributed by atoms with Gasteiger partial charge in [-0.25, -0.2) is 4.98 Å². The van der Waals surface area contributed by atoms with Crippen molar-refractivity contribution in [3.8, 4) is 0 Å². The summed E-state index contributed by atoms with van der Waals surface area (Å²) in [5.74, 6) is 0.109. The second kappa shape index (κ2) is 8.08. The number of thiazole rings is 1. The van der Waals surface area contributed by atoms with E-state index in [4.69, 9.17) is 0 Å². The van der Waals surface area contributed by atoms with E-state index >= 15 is 0 Å². The number of likely N-dealkylation sites (tertiary alicyclic amines) is 1. The predicted molar refractivity (Wildman–Crippen MR) is 107 cm³/mol. The van der Waals surface area contributed by atoms with Crippen molar-refractivity contribution in [1.29, 1.82) is 0 Å². The van der Waals surface area contributed by atoms with Crippen molar-refractivity contribution in [1.82, 2.24) is 9.88 Å². The first-order valence-corrected chi connectivity index (χ1v) is 10.5. The van der Waals surface area contributed by atoms with Gasteiger partial charge < -0.3 is 14.7 Å². The Balaban J connectivity index is 1.37. The van der Waals surface area contributed by atoms with Crippen LogP contribution in [0.4, 0.5) is 10.8 Å². The van der Waals surface area contributed by atoms with Gasteiger partial charge in [-0.05, 0) is 25.0 Å². The molecule has 0 radical (unpaired) electrons. The Morgan fingerprint density at radius 2 is 1.50 bits per heavy atom. The van der Waals surface area contributed by atoms with E-state index < -0.39 is 0 Å². The summed E-state index contributed by atoms with van der Waals surface area (Å²) in [6.07, 6.45) is 4.70. The summed E-state index contributed by atoms with van der Waals surface area (Å²) in [6, 6.07) is 10.6. The number of hydrogen-bond donors (Lipinski definition) is 0. The molecule has 2 aliphatic rings. The quantitative estimate of drug-likeness (QED) is 0.829. The SMILES string of the molecule is O=C(c1csc(N2CCN(c3ccccc3)CC2)n1)N1CCCCCC1. The number of aromatic nitrogens is 1. The van der Waals surface area contributed by atoms with Crippen LogP contribution < -0.4 is 9.80 Å². The van der Waals surface area contributed by atoms with E-state index in [1.54, 1.807) is 11.3 Å². The molecule has 3 heterocycles. The summed E-state index contributed by atoms with van der Waals surface area (Å²) in [5.41, 5.74) is 1.90. The number of piperazine rings is 1. The molecule has 1 aromatic heterocycles. The van der Waals surface area contributed by atoms with E-state index in [1.807, 2.05) is 10.3 Å². The number of carbonyl (C=O) groups is 1. The standard InChI is InChI=1S/C20H26N4OS/c25-19(23-10-6-1-2-7-11-23)18-16-26-20(21-18)24-14-12-22(13-15-24)17-8-4-3-5-9-17/h3-5,8-9,16H,1-2,6-7,10-15H2. The van der Waals surface area contributed by atoms with Crippen LogP contribution in [0.5, 0.6) is 0 Å². The molecule has 26 heavy (non-hydrogen) atoms. The van der Waals surface area contributed by atoms with Gasteiger partial charge in [0.2, 0.25) is 0 Å². The first kappa shape index (κ1) is 17.3. The summed E-state index contributed by atoms with van der Waals surface area (Å²) < 4.78 is 0. The first-order valence-electron chi connectivity index (χ1n) is 9.61. The third-order valence-corrected chi connectivity index (χ3v) is 6.18. The number of amides is 1. The highest BCUT2D eigenvalue weighted by atomic mass is 32.1. The highest BCUT2D eigenvalue weighted by Crippen LogP contribution is 2.25. The molecule has 2 saturated heterocycles. The summed E-state index contributed by atoms with van der Waals surface area (Å²) in [6.45, 7) is 5.61. The molecule has 0 aliphatic carbocycles. The highest BCUT2D eigenvalue weighted by molar-refractivity contribution is 7.13. The number of para-hydroxylation sites is 1. The van der Waals surface area contributed by atoms with Crippen LogP contribution in [0.25, 0.3) is 0 Å². The van der Waals surface area contributed by atoms with Gasteiger partial charge >= 0.3 is 0 Å². The van der Waals surface area contributed by atoms with E-state index in [1.165, 1.54) is 18.5 Å². The van der Waals surface area contributed by atoms with Crippen LogP contribution in [-0.4, -0.2) is 55.1 Å². The minimum Gasteiger partial charge on any atom is -0.368 e. The van der Waals surface area contributed by atoms with Crippen molar-refractivity contribution < 1.29 is 4.79 Å². The lowest BCUT2D eigenvalue weighted by Crippen LogP contribution is -2.46. The molecule has 0 N–H and O–H groups in total. The van der Waals surface area contributed by atoms with Gasteiger partial charge in [0, 0.05) is 50.3 Å². The van der Waals surface area contributed by atoms with Crippen LogP contribution >= 0.6 is 11.3 Å². The van der Waals surface area contributed by atoms with Crippen molar-refractivity contribution in [2.24, 2.45) is 0 Å². The molecule has 0 bridgehead atoms. The molecule has 4 rings (SSSR count). The summed E-state index contributed by atoms with van der Waals surface area (Å²) in [5, 5.41) is 2.92. The summed E-state index contributed by atoms with van der Waals surface area (Å²) in [4.78, 5) is 24.1. The molecule has 2 aromatic rings. The maximum atomic E-state index is 12.7. The molecule has 138 valence electrons. The third-order valence-electron chi connectivity index (χ3n) is 5.28. The molecule has 0 atom stereocenters. The lowest BCUT2D eigenvalue weighted by atomic mass is 10.2. The van der Waals surface area contributed by atoms with Crippen LogP contribution in [0.3, 0.4) is 0 Å². The maximum absolute atomic E-state index is 12.7. The minimum atomic E-state index is 0.109. The molecule has 2 fully saturated rings. The Labute approximate surface area is 159 Å². The Morgan fingerprint density at radius 1 is 0.846 bits per heavy atom. The zero-order valence-corrected chi connectivity index (χ0v) is 16.0. The van der Waals surface area contributed by atoms with Gasteiger partial charge in [0.15, 0.2) is 5.13 Å². The summed E-state index contributed by atoms with van der Waals surface area (Å²) >= 11 is 1.60. The number of benzene rings is 1. The number of nitrogens with zero attached hydrogens (tertiary/aromatic N) is 4. The smallest absolute Gasteiger partial charge is 0.273 e. The topological polar surface area (TPSA) is 39.7 Å². The molecular weight excluding hydrogens is 344 g/mol. The van der Waals surface area contributed by atoms with Gasteiger partial charge in [0.05, 0.1) is 0 Å². The normalized spacial score (nSPS) is 18.7. The van der Waals surface area contributed by atoms with Crippen LogP contribution in [0.2, 0.25) is 0 Å². The predicted octanol–water partition coefficient (Wildman–Crippen LogP) is 3.49. The number of hydrogen-bond acceptors (Lipinski definition) is 5. The first-order chi connectivity index (χ1) is 12.8. The van der Waals surface area contributed by atoms with Crippen LogP contribution in [0.1, 0.15) is 36.2 Å². The fourth-order valence-corrected chi connectivity index (χ4v) is 4.59. The fourth-order valence-electron chi connectivity index (χ4n) is 3.74. The molecule has 1 aromatic carbocycles. The minimum absolute atomic E-state index is 0.109. The highest BCUT2D eigenvalue weighted by Gasteiger charge is 2.23. The van der Waals surface area contributed by atoms with E-state index in [0.717, 1.165) is 57.2 Å². The molecule has 5 nitrogen and oxygen atoms in total. The van der Waals surface area contributed by atoms with Crippen LogP contribution in [-0.2, 0) is 0 Å². The van der Waals surface area contributed by atoms with Crippen molar-refractivity contribution in [3.05, 3.63) is 41.4 Å². The maximum Gasteiger partial charge on any atom is 0.273 e. The van der Waals surface area contributed by atoms with E-state index in [-0.39, 0.29) is 5.91 Å². The second-order valence-electron chi connectivity index (χ2n) is 7.03. The molecule has 0 unspecified atom stereocenters. The van der Waals surface area contributed by atoms with Crippen molar-refractivity contribution >= 4 is 28.1 Å². The molecule has 6 heteroatoms. The van der Waals surface area contributed by atoms with E-state index in [0.29, 0.717) is 5.69 Å². The van der Waals surface area contributed by atoms with Crippen LogP contribution in [0.15, 0.2) is 35.7 Å². The zero-order valence-electron chi connectivity index (χ0n) is 15.1. The van der Waals surface area contributed by atoms with Gasteiger partial charge in [-0.3, -0.25) is 4.79 Å². The lowest BCUT2D eigenvalue weighted by Gasteiger charge is -2.36. The molecule has 0 saturated carbocycles. The van der Waals surface area contributed by atoms with Crippen molar-refractivity contribution in [2.75, 3.05) is 49.1 Å². The molecule has 0 spiro atoms. The fraction of sp³-hybridized carbons (Fsp3) is 0.500. The van der Waals surface area contributed by atoms with Gasteiger partial charge in [0.1, 0.15) is 5.69 Å². The van der Waals surface area contributed by atoms with Gasteiger partial charge in [-0.1, -0.05) is 31.0 Å². The van der Waals surface area contributed by atoms with Crippen molar-refractivity contribution in [2.45, 2.75) is 25.7 Å². The Kier molecular flexibility index (Phi) is 5.39. The average Bonchev–Trinajstić information content (AvgIpc) is 3.04. The monoisotopic (exact) mass is 370 g/mol. The second-order valence-corrected chi connectivity index (χ2v) is 7.87. The Morgan fingerprint density at radius 3 is 2.19 bits per heavy atom. The zero-order chi connectivity index (χ0) is 17.8. The number of rotatable bonds is 3. The van der Waals surface area contributed by atoms with E-state index in [2.05, 4.69) is 45.1 Å². The van der Waals surface area contributed by atoms with Gasteiger partial charge in [0.25, 0.3) is 5.91 Å².